The van der Waals surface area contributed by atoms with Gasteiger partial charge in [-0.1, -0.05) is 12.1 Å². The molecule has 0 fully saturated rings. The van der Waals surface area contributed by atoms with Crippen LogP contribution in [0.5, 0.6) is 23.0 Å². The Morgan fingerprint density at radius 1 is 1.04 bits per heavy atom. The summed E-state index contributed by atoms with van der Waals surface area (Å²) in [6.45, 7) is 0. The van der Waals surface area contributed by atoms with Crippen LogP contribution in [0.4, 0.5) is 0 Å². The number of phenolic OH excluding ortho intramolecular Hbond substituents is 1. The molecule has 0 spiro atoms. The molecule has 0 bridgehead atoms. The van der Waals surface area contributed by atoms with Gasteiger partial charge in [-0.3, -0.25) is 4.79 Å². The quantitative estimate of drug-likeness (QED) is 0.811. The number of hydrogen-bond acceptors (Lipinski definition) is 5. The predicted molar refractivity (Wildman–Crippen MR) is 88.3 cm³/mol. The number of carboxylic acid groups (broad SMARTS) is 1. The molecular formula is C18H20O6. The molecule has 2 aromatic carbocycles. The van der Waals surface area contributed by atoms with Gasteiger partial charge in [0.2, 0.25) is 5.75 Å². The Kier molecular flexibility index (Phi) is 5.52. The summed E-state index contributed by atoms with van der Waals surface area (Å²) in [6.07, 6.45) is 0.218. The Morgan fingerprint density at radius 2 is 1.67 bits per heavy atom. The molecule has 2 N–H and O–H groups in total. The normalized spacial score (nSPS) is 11.6. The number of carboxylic acids is 1. The van der Waals surface area contributed by atoms with Crippen molar-refractivity contribution in [3.63, 3.8) is 0 Å². The Morgan fingerprint density at radius 3 is 2.17 bits per heavy atom. The van der Waals surface area contributed by atoms with Gasteiger partial charge >= 0.3 is 5.97 Å². The average molecular weight is 332 g/mol. The second kappa shape index (κ2) is 7.59. The number of ether oxygens (including phenoxy) is 3. The van der Waals surface area contributed by atoms with Crippen molar-refractivity contribution in [2.45, 2.75) is 12.3 Å². The minimum atomic E-state index is -0.950. The van der Waals surface area contributed by atoms with Crippen molar-refractivity contribution in [1.82, 2.24) is 0 Å². The van der Waals surface area contributed by atoms with Gasteiger partial charge < -0.3 is 24.4 Å². The SMILES string of the molecule is COc1cccc(C(Cc2cc(OC)c(O)c(OC)c2)C(=O)O)c1. The highest BCUT2D eigenvalue weighted by Crippen LogP contribution is 2.38. The van der Waals surface area contributed by atoms with Gasteiger partial charge in [0.1, 0.15) is 5.75 Å². The fourth-order valence-electron chi connectivity index (χ4n) is 2.51. The molecule has 0 aliphatic rings. The zero-order chi connectivity index (χ0) is 17.7. The van der Waals surface area contributed by atoms with Crippen LogP contribution < -0.4 is 14.2 Å². The smallest absolute Gasteiger partial charge is 0.311 e. The van der Waals surface area contributed by atoms with E-state index in [9.17, 15) is 15.0 Å². The van der Waals surface area contributed by atoms with Crippen LogP contribution in [-0.2, 0) is 11.2 Å². The predicted octanol–water partition coefficient (Wildman–Crippen LogP) is 2.83. The average Bonchev–Trinajstić information content (AvgIpc) is 2.60. The minimum absolute atomic E-state index is 0.114. The minimum Gasteiger partial charge on any atom is -0.502 e. The summed E-state index contributed by atoms with van der Waals surface area (Å²) in [5.74, 6) is -0.761. The van der Waals surface area contributed by atoms with E-state index in [2.05, 4.69) is 0 Å². The Labute approximate surface area is 140 Å². The number of rotatable bonds is 7. The first-order valence-corrected chi connectivity index (χ1v) is 7.30. The molecule has 0 amide bonds. The van der Waals surface area contributed by atoms with Gasteiger partial charge in [0, 0.05) is 0 Å². The topological polar surface area (TPSA) is 85.2 Å². The zero-order valence-corrected chi connectivity index (χ0v) is 13.8. The van der Waals surface area contributed by atoms with Gasteiger partial charge in [-0.2, -0.15) is 0 Å². The molecule has 0 aliphatic heterocycles. The number of methoxy groups -OCH3 is 3. The molecule has 1 unspecified atom stereocenters. The lowest BCUT2D eigenvalue weighted by Gasteiger charge is -2.16. The highest BCUT2D eigenvalue weighted by molar-refractivity contribution is 5.77. The Bertz CT molecular complexity index is 700. The second-order valence-electron chi connectivity index (χ2n) is 5.22. The number of phenols is 1. The van der Waals surface area contributed by atoms with Crippen molar-refractivity contribution in [2.24, 2.45) is 0 Å². The van der Waals surface area contributed by atoms with Gasteiger partial charge in [0.05, 0.1) is 27.2 Å². The van der Waals surface area contributed by atoms with E-state index in [-0.39, 0.29) is 23.7 Å². The molecule has 0 saturated carbocycles. The maximum Gasteiger partial charge on any atom is 0.311 e. The number of aliphatic carboxylic acids is 1. The van der Waals surface area contributed by atoms with Crippen molar-refractivity contribution >= 4 is 5.97 Å². The molecule has 0 aliphatic carbocycles. The van der Waals surface area contributed by atoms with Crippen molar-refractivity contribution in [3.05, 3.63) is 47.5 Å². The lowest BCUT2D eigenvalue weighted by Crippen LogP contribution is -2.14. The number of carbonyl (C=O) groups is 1. The molecule has 0 aromatic heterocycles. The summed E-state index contributed by atoms with van der Waals surface area (Å²) in [5.41, 5.74) is 1.31. The molecule has 0 heterocycles. The first kappa shape index (κ1) is 17.5. The van der Waals surface area contributed by atoms with Crippen molar-refractivity contribution in [3.8, 4) is 23.0 Å². The lowest BCUT2D eigenvalue weighted by atomic mass is 9.91. The molecular weight excluding hydrogens is 312 g/mol. The summed E-state index contributed by atoms with van der Waals surface area (Å²) in [5, 5.41) is 19.6. The van der Waals surface area contributed by atoms with Gasteiger partial charge in [0.15, 0.2) is 11.5 Å². The van der Waals surface area contributed by atoms with Gasteiger partial charge in [0.25, 0.3) is 0 Å². The van der Waals surface area contributed by atoms with Crippen molar-refractivity contribution in [1.29, 1.82) is 0 Å². The molecule has 2 rings (SSSR count). The third-order valence-corrected chi connectivity index (χ3v) is 3.77. The Hall–Kier alpha value is -2.89. The number of benzene rings is 2. The summed E-state index contributed by atoms with van der Waals surface area (Å²) in [4.78, 5) is 11.7. The number of hydrogen-bond donors (Lipinski definition) is 2. The highest BCUT2D eigenvalue weighted by atomic mass is 16.5. The van der Waals surface area contributed by atoms with Crippen LogP contribution in [0.3, 0.4) is 0 Å². The molecule has 6 nitrogen and oxygen atoms in total. The van der Waals surface area contributed by atoms with E-state index in [0.29, 0.717) is 16.9 Å². The van der Waals surface area contributed by atoms with Crippen LogP contribution in [0.15, 0.2) is 36.4 Å². The van der Waals surface area contributed by atoms with E-state index < -0.39 is 11.9 Å². The van der Waals surface area contributed by atoms with Crippen LogP contribution in [0.25, 0.3) is 0 Å². The molecule has 2 aromatic rings. The molecule has 0 saturated heterocycles. The highest BCUT2D eigenvalue weighted by Gasteiger charge is 2.22. The van der Waals surface area contributed by atoms with Crippen LogP contribution in [0.1, 0.15) is 17.0 Å². The third kappa shape index (κ3) is 3.71. The van der Waals surface area contributed by atoms with Crippen molar-refractivity contribution in [2.75, 3.05) is 21.3 Å². The van der Waals surface area contributed by atoms with Crippen LogP contribution in [0, 0.1) is 0 Å². The molecule has 6 heteroatoms. The maximum atomic E-state index is 11.7. The molecule has 0 radical (unpaired) electrons. The van der Waals surface area contributed by atoms with E-state index in [0.717, 1.165) is 0 Å². The van der Waals surface area contributed by atoms with Gasteiger partial charge in [-0.05, 0) is 41.8 Å². The van der Waals surface area contributed by atoms with E-state index in [1.807, 2.05) is 0 Å². The summed E-state index contributed by atoms with van der Waals surface area (Å²) in [7, 11) is 4.38. The number of aromatic hydroxyl groups is 1. The van der Waals surface area contributed by atoms with Crippen LogP contribution in [-0.4, -0.2) is 37.5 Å². The Balaban J connectivity index is 2.39. The van der Waals surface area contributed by atoms with E-state index in [1.54, 1.807) is 36.4 Å². The molecule has 24 heavy (non-hydrogen) atoms. The molecule has 1 atom stereocenters. The first-order chi connectivity index (χ1) is 11.5. The van der Waals surface area contributed by atoms with Crippen LogP contribution >= 0.6 is 0 Å². The van der Waals surface area contributed by atoms with Gasteiger partial charge in [-0.25, -0.2) is 0 Å². The summed E-state index contributed by atoms with van der Waals surface area (Å²) < 4.78 is 15.4. The fourth-order valence-corrected chi connectivity index (χ4v) is 2.51. The maximum absolute atomic E-state index is 11.7. The van der Waals surface area contributed by atoms with Crippen LogP contribution in [0.2, 0.25) is 0 Å². The largest absolute Gasteiger partial charge is 0.502 e. The lowest BCUT2D eigenvalue weighted by molar-refractivity contribution is -0.138. The zero-order valence-electron chi connectivity index (χ0n) is 13.8. The van der Waals surface area contributed by atoms with E-state index >= 15 is 0 Å². The summed E-state index contributed by atoms with van der Waals surface area (Å²) in [6, 6.07) is 10.2. The fraction of sp³-hybridized carbons (Fsp3) is 0.278. The van der Waals surface area contributed by atoms with Crippen molar-refractivity contribution < 1.29 is 29.2 Å². The first-order valence-electron chi connectivity index (χ1n) is 7.30. The standard InChI is InChI=1S/C18H20O6/c1-22-13-6-4-5-12(10-13)14(18(20)21)7-11-8-15(23-2)17(19)16(9-11)24-3/h4-6,8-10,14,19H,7H2,1-3H3,(H,20,21). The summed E-state index contributed by atoms with van der Waals surface area (Å²) >= 11 is 0. The third-order valence-electron chi connectivity index (χ3n) is 3.77. The monoisotopic (exact) mass is 332 g/mol. The second-order valence-corrected chi connectivity index (χ2v) is 5.22. The molecule has 128 valence electrons. The van der Waals surface area contributed by atoms with E-state index in [1.165, 1.54) is 21.3 Å². The van der Waals surface area contributed by atoms with E-state index in [4.69, 9.17) is 14.2 Å². The van der Waals surface area contributed by atoms with Gasteiger partial charge in [-0.15, -0.1) is 0 Å².